The van der Waals surface area contributed by atoms with Gasteiger partial charge in [-0.15, -0.1) is 0 Å². The van der Waals surface area contributed by atoms with E-state index < -0.39 is 5.54 Å². The topological polar surface area (TPSA) is 64.4 Å². The molecule has 0 bridgehead atoms. The Labute approximate surface area is 131 Å². The smallest absolute Gasteiger partial charge is 0.240 e. The molecule has 1 amide bonds. The molecule has 0 aromatic heterocycles. The van der Waals surface area contributed by atoms with Crippen LogP contribution in [0.5, 0.6) is 5.75 Å². The molecular weight excluding hydrogens is 288 g/mol. The van der Waals surface area contributed by atoms with E-state index >= 15 is 0 Å². The Hall–Kier alpha value is -1.26. The minimum atomic E-state index is -0.696. The number of rotatable bonds is 5. The second-order valence-corrected chi connectivity index (χ2v) is 6.25. The lowest BCUT2D eigenvalue weighted by Gasteiger charge is -2.32. The number of benzene rings is 1. The van der Waals surface area contributed by atoms with Crippen molar-refractivity contribution in [3.63, 3.8) is 0 Å². The molecule has 4 nitrogen and oxygen atoms in total. The van der Waals surface area contributed by atoms with E-state index in [-0.39, 0.29) is 12.0 Å². The first kappa shape index (κ1) is 16.1. The first-order valence-electron chi connectivity index (χ1n) is 7.49. The highest BCUT2D eigenvalue weighted by Crippen LogP contribution is 2.26. The molecule has 1 fully saturated rings. The molecule has 21 heavy (non-hydrogen) atoms. The second kappa shape index (κ2) is 7.14. The highest BCUT2D eigenvalue weighted by molar-refractivity contribution is 6.30. The van der Waals surface area contributed by atoms with Gasteiger partial charge in [0.25, 0.3) is 0 Å². The van der Waals surface area contributed by atoms with Crippen molar-refractivity contribution >= 4 is 17.5 Å². The van der Waals surface area contributed by atoms with Gasteiger partial charge in [0.2, 0.25) is 5.91 Å². The van der Waals surface area contributed by atoms with Crippen molar-refractivity contribution in [2.75, 3.05) is 6.54 Å². The Bertz CT molecular complexity index is 470. The Kier molecular flexibility index (Phi) is 5.48. The summed E-state index contributed by atoms with van der Waals surface area (Å²) in [5, 5.41) is 3.58. The van der Waals surface area contributed by atoms with Crippen molar-refractivity contribution in [2.24, 2.45) is 5.73 Å². The molecule has 0 aliphatic heterocycles. The molecule has 1 atom stereocenters. The van der Waals surface area contributed by atoms with E-state index in [9.17, 15) is 4.79 Å². The summed E-state index contributed by atoms with van der Waals surface area (Å²) in [7, 11) is 0. The van der Waals surface area contributed by atoms with Crippen molar-refractivity contribution in [3.05, 3.63) is 29.3 Å². The highest BCUT2D eigenvalue weighted by atomic mass is 35.5. The van der Waals surface area contributed by atoms with Crippen LogP contribution in [0.4, 0.5) is 0 Å². The maximum Gasteiger partial charge on any atom is 0.240 e. The molecule has 1 aromatic rings. The van der Waals surface area contributed by atoms with E-state index in [1.807, 2.05) is 19.1 Å². The van der Waals surface area contributed by atoms with Gasteiger partial charge in [0.15, 0.2) is 0 Å². The molecule has 1 aliphatic rings. The van der Waals surface area contributed by atoms with Crippen LogP contribution in [0.15, 0.2) is 24.3 Å². The molecule has 5 heteroatoms. The zero-order valence-corrected chi connectivity index (χ0v) is 13.2. The fourth-order valence-corrected chi connectivity index (χ4v) is 2.74. The van der Waals surface area contributed by atoms with E-state index in [2.05, 4.69) is 5.32 Å². The predicted molar refractivity (Wildman–Crippen MR) is 84.6 cm³/mol. The summed E-state index contributed by atoms with van der Waals surface area (Å²) in [5.41, 5.74) is 5.49. The van der Waals surface area contributed by atoms with E-state index in [4.69, 9.17) is 22.1 Å². The summed E-state index contributed by atoms with van der Waals surface area (Å²) in [6.45, 7) is 2.36. The third-order valence-electron chi connectivity index (χ3n) is 3.90. The van der Waals surface area contributed by atoms with Gasteiger partial charge in [-0.2, -0.15) is 0 Å². The van der Waals surface area contributed by atoms with Gasteiger partial charge in [-0.25, -0.2) is 0 Å². The molecule has 3 N–H and O–H groups in total. The molecule has 0 saturated heterocycles. The third kappa shape index (κ3) is 4.61. The summed E-state index contributed by atoms with van der Waals surface area (Å²) >= 11 is 5.83. The summed E-state index contributed by atoms with van der Waals surface area (Å²) in [6.07, 6.45) is 4.64. The average Bonchev–Trinajstić information content (AvgIpc) is 2.48. The third-order valence-corrected chi connectivity index (χ3v) is 4.15. The summed E-state index contributed by atoms with van der Waals surface area (Å²) in [6, 6.07) is 7.18. The molecule has 116 valence electrons. The maximum absolute atomic E-state index is 12.2. The van der Waals surface area contributed by atoms with E-state index in [1.54, 1.807) is 12.1 Å². The number of hydrogen-bond donors (Lipinski definition) is 2. The molecule has 0 spiro atoms. The van der Waals surface area contributed by atoms with Crippen LogP contribution in [-0.4, -0.2) is 24.1 Å². The van der Waals surface area contributed by atoms with Crippen molar-refractivity contribution in [1.29, 1.82) is 0 Å². The summed E-state index contributed by atoms with van der Waals surface area (Å²) in [5.74, 6) is 0.676. The fraction of sp³-hybridized carbons (Fsp3) is 0.562. The van der Waals surface area contributed by atoms with Crippen LogP contribution < -0.4 is 15.8 Å². The predicted octanol–water partition coefficient (Wildman–Crippen LogP) is 2.89. The molecule has 1 aromatic carbocycles. The summed E-state index contributed by atoms with van der Waals surface area (Å²) < 4.78 is 5.73. The number of carbonyl (C=O) groups excluding carboxylic acids is 1. The van der Waals surface area contributed by atoms with Crippen LogP contribution in [0.2, 0.25) is 5.02 Å². The lowest BCUT2D eigenvalue weighted by molar-refractivity contribution is -0.127. The number of halogens is 1. The Balaban J connectivity index is 1.79. The molecule has 1 aliphatic carbocycles. The van der Waals surface area contributed by atoms with Crippen molar-refractivity contribution in [3.8, 4) is 5.75 Å². The van der Waals surface area contributed by atoms with Gasteiger partial charge in [0.05, 0.1) is 12.1 Å². The van der Waals surface area contributed by atoms with Gasteiger partial charge in [-0.3, -0.25) is 4.79 Å². The van der Waals surface area contributed by atoms with Crippen molar-refractivity contribution < 1.29 is 9.53 Å². The van der Waals surface area contributed by atoms with Crippen molar-refractivity contribution in [1.82, 2.24) is 5.32 Å². The minimum Gasteiger partial charge on any atom is -0.489 e. The molecule has 0 heterocycles. The lowest BCUT2D eigenvalue weighted by atomic mass is 9.82. The minimum absolute atomic E-state index is 0.0613. The maximum atomic E-state index is 12.2. The number of nitrogens with one attached hydrogen (secondary N) is 1. The summed E-state index contributed by atoms with van der Waals surface area (Å²) in [4.78, 5) is 12.2. The van der Waals surface area contributed by atoms with Gasteiger partial charge < -0.3 is 15.8 Å². The average molecular weight is 311 g/mol. The SMILES string of the molecule is CC(CNC(=O)C1(N)CCCCC1)Oc1ccc(Cl)cc1. The normalized spacial score (nSPS) is 18.8. The monoisotopic (exact) mass is 310 g/mol. The molecule has 2 rings (SSSR count). The van der Waals surface area contributed by atoms with E-state index in [1.165, 1.54) is 6.42 Å². The number of amides is 1. The molecule has 1 saturated carbocycles. The number of carbonyl (C=O) groups is 1. The largest absolute Gasteiger partial charge is 0.489 e. The van der Waals surface area contributed by atoms with E-state index in [0.717, 1.165) is 31.4 Å². The fourth-order valence-electron chi connectivity index (χ4n) is 2.61. The molecular formula is C16H23ClN2O2. The van der Waals surface area contributed by atoms with Crippen LogP contribution in [0.25, 0.3) is 0 Å². The van der Waals surface area contributed by atoms with Crippen LogP contribution >= 0.6 is 11.6 Å². The Morgan fingerprint density at radius 1 is 1.33 bits per heavy atom. The zero-order chi connectivity index (χ0) is 15.3. The molecule has 0 radical (unpaired) electrons. The van der Waals surface area contributed by atoms with Gasteiger partial charge in [0, 0.05) is 5.02 Å². The second-order valence-electron chi connectivity index (χ2n) is 5.81. The van der Waals surface area contributed by atoms with Gasteiger partial charge in [-0.05, 0) is 44.0 Å². The highest BCUT2D eigenvalue weighted by Gasteiger charge is 2.35. The first-order valence-corrected chi connectivity index (χ1v) is 7.87. The first-order chi connectivity index (χ1) is 9.99. The lowest BCUT2D eigenvalue weighted by Crippen LogP contribution is -2.56. The van der Waals surface area contributed by atoms with Gasteiger partial charge >= 0.3 is 0 Å². The zero-order valence-electron chi connectivity index (χ0n) is 12.4. The van der Waals surface area contributed by atoms with Crippen LogP contribution in [0, 0.1) is 0 Å². The number of hydrogen-bond acceptors (Lipinski definition) is 3. The quantitative estimate of drug-likeness (QED) is 0.879. The van der Waals surface area contributed by atoms with Crippen molar-refractivity contribution in [2.45, 2.75) is 50.7 Å². The van der Waals surface area contributed by atoms with Gasteiger partial charge in [-0.1, -0.05) is 30.9 Å². The number of ether oxygens (including phenoxy) is 1. The van der Waals surface area contributed by atoms with Crippen LogP contribution in [-0.2, 0) is 4.79 Å². The standard InChI is InChI=1S/C16H23ClN2O2/c1-12(21-14-7-5-13(17)6-8-14)11-19-15(20)16(18)9-3-2-4-10-16/h5-8,12H,2-4,9-11,18H2,1H3,(H,19,20). The van der Waals surface area contributed by atoms with E-state index in [0.29, 0.717) is 11.6 Å². The number of nitrogens with two attached hydrogens (primary N) is 1. The van der Waals surface area contributed by atoms with Gasteiger partial charge in [0.1, 0.15) is 11.9 Å². The van der Waals surface area contributed by atoms with Crippen LogP contribution in [0.1, 0.15) is 39.0 Å². The van der Waals surface area contributed by atoms with Crippen LogP contribution in [0.3, 0.4) is 0 Å². The Morgan fingerprint density at radius 2 is 1.95 bits per heavy atom. The Morgan fingerprint density at radius 3 is 2.57 bits per heavy atom. The molecule has 1 unspecified atom stereocenters.